The van der Waals surface area contributed by atoms with Crippen molar-refractivity contribution in [2.24, 2.45) is 0 Å². The summed E-state index contributed by atoms with van der Waals surface area (Å²) in [5.41, 5.74) is 2.41. The first-order valence-electron chi connectivity index (χ1n) is 8.46. The molecule has 0 aliphatic heterocycles. The Hall–Kier alpha value is -1.79. The maximum atomic E-state index is 12.4. The third-order valence-electron chi connectivity index (χ3n) is 3.61. The zero-order valence-corrected chi connectivity index (χ0v) is 17.5. The largest absolute Gasteiger partial charge is 0.351 e. The second-order valence-corrected chi connectivity index (χ2v) is 8.71. The Morgan fingerprint density at radius 3 is 2.62 bits per heavy atom. The molecule has 0 aliphatic rings. The summed E-state index contributed by atoms with van der Waals surface area (Å²) >= 11 is 5.05. The lowest BCUT2D eigenvalue weighted by Crippen LogP contribution is -2.28. The molecule has 0 aromatic heterocycles. The van der Waals surface area contributed by atoms with E-state index in [0.29, 0.717) is 17.4 Å². The van der Waals surface area contributed by atoms with Gasteiger partial charge in [-0.25, -0.2) is 0 Å². The van der Waals surface area contributed by atoms with E-state index in [-0.39, 0.29) is 18.2 Å². The molecule has 0 bridgehead atoms. The van der Waals surface area contributed by atoms with E-state index in [1.54, 1.807) is 11.8 Å². The molecule has 2 amide bonds. The van der Waals surface area contributed by atoms with Crippen molar-refractivity contribution in [3.8, 4) is 0 Å². The number of rotatable bonds is 7. The van der Waals surface area contributed by atoms with Gasteiger partial charge in [0.25, 0.3) is 5.91 Å². The molecule has 0 fully saturated rings. The number of nitrogens with one attached hydrogen (secondary N) is 2. The average Bonchev–Trinajstić information content (AvgIpc) is 2.58. The summed E-state index contributed by atoms with van der Waals surface area (Å²) in [5.74, 6) is -0.281. The molecule has 0 saturated heterocycles. The third-order valence-corrected chi connectivity index (χ3v) is 5.18. The lowest BCUT2D eigenvalue weighted by Gasteiger charge is -2.12. The van der Waals surface area contributed by atoms with Crippen LogP contribution in [-0.2, 0) is 4.79 Å². The van der Waals surface area contributed by atoms with Crippen LogP contribution in [0.3, 0.4) is 0 Å². The van der Waals surface area contributed by atoms with Crippen LogP contribution in [0.5, 0.6) is 0 Å². The maximum absolute atomic E-state index is 12.4. The molecule has 0 atom stereocenters. The molecule has 0 spiro atoms. The van der Waals surface area contributed by atoms with Gasteiger partial charge in [0, 0.05) is 33.3 Å². The second-order valence-electron chi connectivity index (χ2n) is 6.18. The number of anilines is 1. The third kappa shape index (κ3) is 6.18. The van der Waals surface area contributed by atoms with Crippen LogP contribution >= 0.6 is 27.7 Å². The van der Waals surface area contributed by atoms with Crippen LogP contribution in [0, 0.1) is 6.92 Å². The lowest BCUT2D eigenvalue weighted by atomic mass is 10.2. The van der Waals surface area contributed by atoms with Crippen molar-refractivity contribution < 1.29 is 9.59 Å². The Kier molecular flexibility index (Phi) is 7.72. The zero-order chi connectivity index (χ0) is 19.1. The van der Waals surface area contributed by atoms with Crippen molar-refractivity contribution >= 4 is 45.2 Å². The number of thioether (sulfide) groups is 1. The van der Waals surface area contributed by atoms with E-state index in [4.69, 9.17) is 0 Å². The fourth-order valence-electron chi connectivity index (χ4n) is 2.34. The predicted molar refractivity (Wildman–Crippen MR) is 112 cm³/mol. The molecule has 2 aromatic carbocycles. The maximum Gasteiger partial charge on any atom is 0.252 e. The van der Waals surface area contributed by atoms with Gasteiger partial charge >= 0.3 is 0 Å². The van der Waals surface area contributed by atoms with Gasteiger partial charge in [0.05, 0.1) is 5.56 Å². The van der Waals surface area contributed by atoms with Crippen LogP contribution in [-0.4, -0.2) is 23.6 Å². The fraction of sp³-hybridized carbons (Fsp3) is 0.300. The molecule has 26 heavy (non-hydrogen) atoms. The molecule has 0 radical (unpaired) electrons. The molecule has 0 unspecified atom stereocenters. The Morgan fingerprint density at radius 1 is 1.15 bits per heavy atom. The standard InChI is InChI=1S/C20H23BrN2O2S/c1-13(2)26-18-7-5-4-6-16(18)20(25)22-11-10-19(24)23-17-12-15(21)9-8-14(17)3/h4-9,12-13H,10-11H2,1-3H3,(H,22,25)(H,23,24). The van der Waals surface area contributed by atoms with Crippen molar-refractivity contribution in [1.29, 1.82) is 0 Å². The minimum Gasteiger partial charge on any atom is -0.351 e. The number of carbonyl (C=O) groups excluding carboxylic acids is 2. The van der Waals surface area contributed by atoms with Crippen LogP contribution in [0.1, 0.15) is 36.2 Å². The Balaban J connectivity index is 1.88. The lowest BCUT2D eigenvalue weighted by molar-refractivity contribution is -0.116. The smallest absolute Gasteiger partial charge is 0.252 e. The van der Waals surface area contributed by atoms with E-state index in [1.807, 2.05) is 49.4 Å². The summed E-state index contributed by atoms with van der Waals surface area (Å²) in [6.45, 7) is 6.41. The summed E-state index contributed by atoms with van der Waals surface area (Å²) in [5, 5.41) is 6.10. The molecule has 2 rings (SSSR count). The Morgan fingerprint density at radius 2 is 1.88 bits per heavy atom. The van der Waals surface area contributed by atoms with E-state index in [1.165, 1.54) is 0 Å². The number of hydrogen-bond donors (Lipinski definition) is 2. The average molecular weight is 435 g/mol. The van der Waals surface area contributed by atoms with Gasteiger partial charge in [-0.15, -0.1) is 11.8 Å². The van der Waals surface area contributed by atoms with Gasteiger partial charge in [-0.05, 0) is 36.8 Å². The molecular weight excluding hydrogens is 412 g/mol. The SMILES string of the molecule is Cc1ccc(Br)cc1NC(=O)CCNC(=O)c1ccccc1SC(C)C. The molecule has 138 valence electrons. The number of hydrogen-bond acceptors (Lipinski definition) is 3. The summed E-state index contributed by atoms with van der Waals surface area (Å²) in [6.07, 6.45) is 0.219. The number of amides is 2. The highest BCUT2D eigenvalue weighted by Crippen LogP contribution is 2.26. The first-order chi connectivity index (χ1) is 12.4. The van der Waals surface area contributed by atoms with Crippen molar-refractivity contribution in [3.63, 3.8) is 0 Å². The molecule has 4 nitrogen and oxygen atoms in total. The second kappa shape index (κ2) is 9.78. The molecule has 0 saturated carbocycles. The summed E-state index contributed by atoms with van der Waals surface area (Å²) in [7, 11) is 0. The number of carbonyl (C=O) groups is 2. The first kappa shape index (κ1) is 20.5. The van der Waals surface area contributed by atoms with E-state index in [0.717, 1.165) is 20.6 Å². The van der Waals surface area contributed by atoms with Crippen LogP contribution in [0.25, 0.3) is 0 Å². The van der Waals surface area contributed by atoms with Crippen molar-refractivity contribution in [2.45, 2.75) is 37.3 Å². The molecule has 0 heterocycles. The van der Waals surface area contributed by atoms with Crippen molar-refractivity contribution in [3.05, 3.63) is 58.1 Å². The quantitative estimate of drug-likeness (QED) is 0.601. The molecular formula is C20H23BrN2O2S. The Labute approximate surface area is 167 Å². The van der Waals surface area contributed by atoms with E-state index < -0.39 is 0 Å². The van der Waals surface area contributed by atoms with Crippen LogP contribution in [0.2, 0.25) is 0 Å². The van der Waals surface area contributed by atoms with Crippen molar-refractivity contribution in [1.82, 2.24) is 5.32 Å². The molecule has 2 aromatic rings. The zero-order valence-electron chi connectivity index (χ0n) is 15.1. The summed E-state index contributed by atoms with van der Waals surface area (Å²) in [6, 6.07) is 13.3. The van der Waals surface area contributed by atoms with Crippen LogP contribution in [0.4, 0.5) is 5.69 Å². The molecule has 0 aliphatic carbocycles. The predicted octanol–water partition coefficient (Wildman–Crippen LogP) is 5.02. The van der Waals surface area contributed by atoms with Gasteiger partial charge in [0.15, 0.2) is 0 Å². The molecule has 6 heteroatoms. The monoisotopic (exact) mass is 434 g/mol. The topological polar surface area (TPSA) is 58.2 Å². The minimum absolute atomic E-state index is 0.128. The number of benzene rings is 2. The van der Waals surface area contributed by atoms with Gasteiger partial charge in [0.1, 0.15) is 0 Å². The first-order valence-corrected chi connectivity index (χ1v) is 10.1. The van der Waals surface area contributed by atoms with Gasteiger partial charge in [-0.1, -0.05) is 48.0 Å². The normalized spacial score (nSPS) is 10.7. The highest BCUT2D eigenvalue weighted by atomic mass is 79.9. The highest BCUT2D eigenvalue weighted by molar-refractivity contribution is 9.10. The minimum atomic E-state index is -0.153. The number of halogens is 1. The Bertz CT molecular complexity index is 793. The van der Waals surface area contributed by atoms with E-state index in [9.17, 15) is 9.59 Å². The number of aryl methyl sites for hydroxylation is 1. The fourth-order valence-corrected chi connectivity index (χ4v) is 3.65. The van der Waals surface area contributed by atoms with Crippen LogP contribution < -0.4 is 10.6 Å². The van der Waals surface area contributed by atoms with Gasteiger partial charge < -0.3 is 10.6 Å². The van der Waals surface area contributed by atoms with Gasteiger partial charge in [0.2, 0.25) is 5.91 Å². The van der Waals surface area contributed by atoms with E-state index in [2.05, 4.69) is 40.4 Å². The van der Waals surface area contributed by atoms with Gasteiger partial charge in [-0.2, -0.15) is 0 Å². The summed E-state index contributed by atoms with van der Waals surface area (Å²) < 4.78 is 0.908. The van der Waals surface area contributed by atoms with Crippen LogP contribution in [0.15, 0.2) is 51.8 Å². The van der Waals surface area contributed by atoms with Crippen molar-refractivity contribution in [2.75, 3.05) is 11.9 Å². The molecule has 2 N–H and O–H groups in total. The van der Waals surface area contributed by atoms with Gasteiger partial charge in [-0.3, -0.25) is 9.59 Å². The highest BCUT2D eigenvalue weighted by Gasteiger charge is 2.13. The summed E-state index contributed by atoms with van der Waals surface area (Å²) in [4.78, 5) is 25.5. The van der Waals surface area contributed by atoms with E-state index >= 15 is 0 Å².